The molecule has 0 aromatic rings. The van der Waals surface area contributed by atoms with E-state index in [0.29, 0.717) is 19.5 Å². The Morgan fingerprint density at radius 1 is 1.31 bits per heavy atom. The lowest BCUT2D eigenvalue weighted by Gasteiger charge is -2.19. The molecule has 0 aromatic carbocycles. The molecule has 0 rings (SSSR count). The minimum Gasteiger partial charge on any atom is -0.468 e. The number of esters is 1. The van der Waals surface area contributed by atoms with E-state index in [1.54, 1.807) is 0 Å². The van der Waals surface area contributed by atoms with E-state index in [4.69, 9.17) is 0 Å². The van der Waals surface area contributed by atoms with Crippen LogP contribution in [0.25, 0.3) is 0 Å². The molecule has 0 heterocycles. The first kappa shape index (κ1) is 14.9. The first-order valence-electron chi connectivity index (χ1n) is 5.60. The Balaban J connectivity index is 3.94. The lowest BCUT2D eigenvalue weighted by Crippen LogP contribution is -2.43. The van der Waals surface area contributed by atoms with Crippen molar-refractivity contribution >= 4 is 11.9 Å². The molecule has 0 saturated carbocycles. The normalized spacial score (nSPS) is 12.3. The largest absolute Gasteiger partial charge is 0.468 e. The highest BCUT2D eigenvalue weighted by Gasteiger charge is 2.21. The van der Waals surface area contributed by atoms with Crippen molar-refractivity contribution in [2.45, 2.75) is 33.2 Å². The van der Waals surface area contributed by atoms with Gasteiger partial charge >= 0.3 is 5.97 Å². The molecule has 0 spiro atoms. The predicted molar refractivity (Wildman–Crippen MR) is 61.9 cm³/mol. The second kappa shape index (κ2) is 8.10. The van der Waals surface area contributed by atoms with Crippen LogP contribution in [-0.2, 0) is 14.3 Å². The van der Waals surface area contributed by atoms with Crippen LogP contribution in [0.1, 0.15) is 27.2 Å². The van der Waals surface area contributed by atoms with Gasteiger partial charge in [0.2, 0.25) is 5.91 Å². The Morgan fingerprint density at radius 2 is 1.94 bits per heavy atom. The Kier molecular flexibility index (Phi) is 7.54. The average molecular weight is 230 g/mol. The highest BCUT2D eigenvalue weighted by atomic mass is 16.5. The summed E-state index contributed by atoms with van der Waals surface area (Å²) >= 11 is 0. The van der Waals surface area contributed by atoms with Gasteiger partial charge in [-0.05, 0) is 12.8 Å². The van der Waals surface area contributed by atoms with E-state index in [-0.39, 0.29) is 23.8 Å². The molecule has 1 atom stereocenters. The molecule has 1 amide bonds. The van der Waals surface area contributed by atoms with Crippen LogP contribution >= 0.6 is 0 Å². The van der Waals surface area contributed by atoms with Gasteiger partial charge in [-0.3, -0.25) is 9.59 Å². The van der Waals surface area contributed by atoms with Crippen molar-refractivity contribution in [1.29, 1.82) is 0 Å². The third-order valence-corrected chi connectivity index (χ3v) is 2.21. The van der Waals surface area contributed by atoms with Crippen LogP contribution in [-0.4, -0.2) is 38.1 Å². The van der Waals surface area contributed by atoms with Gasteiger partial charge in [0, 0.05) is 19.5 Å². The van der Waals surface area contributed by atoms with Crippen LogP contribution in [0.5, 0.6) is 0 Å². The SMILES string of the molecule is CCNC(=O)CCNC(C(=O)OC)C(C)C. The standard InChI is InChI=1S/C11H22N2O3/c1-5-12-9(14)6-7-13-10(8(2)3)11(15)16-4/h8,10,13H,5-7H2,1-4H3,(H,12,14). The summed E-state index contributed by atoms with van der Waals surface area (Å²) < 4.78 is 4.68. The van der Waals surface area contributed by atoms with Crippen molar-refractivity contribution in [3.8, 4) is 0 Å². The Hall–Kier alpha value is -1.10. The quantitative estimate of drug-likeness (QED) is 0.617. The van der Waals surface area contributed by atoms with Gasteiger partial charge < -0.3 is 15.4 Å². The summed E-state index contributed by atoms with van der Waals surface area (Å²) in [5.41, 5.74) is 0. The smallest absolute Gasteiger partial charge is 0.323 e. The zero-order chi connectivity index (χ0) is 12.6. The maximum Gasteiger partial charge on any atom is 0.323 e. The lowest BCUT2D eigenvalue weighted by molar-refractivity contribution is -0.144. The van der Waals surface area contributed by atoms with Crippen molar-refractivity contribution in [2.75, 3.05) is 20.2 Å². The van der Waals surface area contributed by atoms with E-state index < -0.39 is 0 Å². The highest BCUT2D eigenvalue weighted by Crippen LogP contribution is 2.03. The molecular formula is C11H22N2O3. The Bertz CT molecular complexity index is 229. The van der Waals surface area contributed by atoms with Gasteiger partial charge in [-0.2, -0.15) is 0 Å². The number of nitrogens with one attached hydrogen (secondary N) is 2. The van der Waals surface area contributed by atoms with Crippen LogP contribution in [0.15, 0.2) is 0 Å². The van der Waals surface area contributed by atoms with Crippen molar-refractivity contribution in [2.24, 2.45) is 5.92 Å². The monoisotopic (exact) mass is 230 g/mol. The molecule has 5 nitrogen and oxygen atoms in total. The molecule has 94 valence electrons. The Labute approximate surface area is 96.9 Å². The maximum absolute atomic E-state index is 11.4. The molecule has 5 heteroatoms. The molecule has 2 N–H and O–H groups in total. The molecule has 0 aliphatic carbocycles. The van der Waals surface area contributed by atoms with Gasteiger partial charge in [0.05, 0.1) is 7.11 Å². The van der Waals surface area contributed by atoms with Gasteiger partial charge in [-0.15, -0.1) is 0 Å². The van der Waals surface area contributed by atoms with Gasteiger partial charge in [0.1, 0.15) is 6.04 Å². The van der Waals surface area contributed by atoms with E-state index >= 15 is 0 Å². The zero-order valence-corrected chi connectivity index (χ0v) is 10.5. The molecule has 1 unspecified atom stereocenters. The minimum atomic E-state index is -0.348. The van der Waals surface area contributed by atoms with E-state index in [0.717, 1.165) is 0 Å². The maximum atomic E-state index is 11.4. The lowest BCUT2D eigenvalue weighted by atomic mass is 10.0. The second-order valence-corrected chi connectivity index (χ2v) is 3.90. The van der Waals surface area contributed by atoms with Crippen LogP contribution in [0.4, 0.5) is 0 Å². The van der Waals surface area contributed by atoms with Gasteiger partial charge in [-0.25, -0.2) is 0 Å². The number of hydrogen-bond donors (Lipinski definition) is 2. The molecule has 0 aliphatic rings. The number of hydrogen-bond acceptors (Lipinski definition) is 4. The molecule has 0 radical (unpaired) electrons. The molecular weight excluding hydrogens is 208 g/mol. The molecule has 0 saturated heterocycles. The van der Waals surface area contributed by atoms with E-state index in [1.807, 2.05) is 20.8 Å². The number of carbonyl (C=O) groups excluding carboxylic acids is 2. The summed E-state index contributed by atoms with van der Waals surface area (Å²) in [6.45, 7) is 6.84. The van der Waals surface area contributed by atoms with E-state index in [1.165, 1.54) is 7.11 Å². The second-order valence-electron chi connectivity index (χ2n) is 3.90. The highest BCUT2D eigenvalue weighted by molar-refractivity contribution is 5.77. The summed E-state index contributed by atoms with van der Waals surface area (Å²) in [6.07, 6.45) is 0.369. The van der Waals surface area contributed by atoms with E-state index in [2.05, 4.69) is 15.4 Å². The van der Waals surface area contributed by atoms with Gasteiger partial charge in [-0.1, -0.05) is 13.8 Å². The summed E-state index contributed by atoms with van der Waals surface area (Å²) in [6, 6.07) is -0.348. The topological polar surface area (TPSA) is 67.4 Å². The molecule has 0 fully saturated rings. The van der Waals surface area contributed by atoms with E-state index in [9.17, 15) is 9.59 Å². The van der Waals surface area contributed by atoms with Crippen molar-refractivity contribution in [3.63, 3.8) is 0 Å². The first-order chi connectivity index (χ1) is 7.52. The van der Waals surface area contributed by atoms with Crippen molar-refractivity contribution in [1.82, 2.24) is 10.6 Å². The fraction of sp³-hybridized carbons (Fsp3) is 0.818. The average Bonchev–Trinajstić information content (AvgIpc) is 2.23. The number of methoxy groups -OCH3 is 1. The summed E-state index contributed by atoms with van der Waals surface area (Å²) in [7, 11) is 1.36. The predicted octanol–water partition coefficient (Wildman–Crippen LogP) is 0.300. The zero-order valence-electron chi connectivity index (χ0n) is 10.5. The van der Waals surface area contributed by atoms with Crippen molar-refractivity contribution < 1.29 is 14.3 Å². The third-order valence-electron chi connectivity index (χ3n) is 2.21. The van der Waals surface area contributed by atoms with Crippen LogP contribution in [0, 0.1) is 5.92 Å². The summed E-state index contributed by atoms with van der Waals surface area (Å²) in [5.74, 6) is -0.157. The number of ether oxygens (including phenoxy) is 1. The van der Waals surface area contributed by atoms with Crippen LogP contribution in [0.2, 0.25) is 0 Å². The third kappa shape index (κ3) is 5.70. The van der Waals surface area contributed by atoms with Gasteiger partial charge in [0.15, 0.2) is 0 Å². The number of amides is 1. The number of carbonyl (C=O) groups is 2. The molecule has 0 aromatic heterocycles. The summed E-state index contributed by atoms with van der Waals surface area (Å²) in [5, 5.41) is 5.72. The Morgan fingerprint density at radius 3 is 2.38 bits per heavy atom. The molecule has 0 aliphatic heterocycles. The fourth-order valence-electron chi connectivity index (χ4n) is 1.34. The minimum absolute atomic E-state index is 0.0117. The fourth-order valence-corrected chi connectivity index (χ4v) is 1.34. The molecule has 0 bridgehead atoms. The molecule has 16 heavy (non-hydrogen) atoms. The number of rotatable bonds is 7. The first-order valence-corrected chi connectivity index (χ1v) is 5.60. The van der Waals surface area contributed by atoms with Gasteiger partial charge in [0.25, 0.3) is 0 Å². The van der Waals surface area contributed by atoms with Crippen LogP contribution < -0.4 is 10.6 Å². The summed E-state index contributed by atoms with van der Waals surface area (Å²) in [4.78, 5) is 22.5. The van der Waals surface area contributed by atoms with Crippen molar-refractivity contribution in [3.05, 3.63) is 0 Å². The van der Waals surface area contributed by atoms with Crippen LogP contribution in [0.3, 0.4) is 0 Å².